The number of amides is 1. The van der Waals surface area contributed by atoms with Crippen LogP contribution in [0, 0.1) is 0 Å². The van der Waals surface area contributed by atoms with Gasteiger partial charge in [-0.3, -0.25) is 9.59 Å². The minimum Gasteiger partial charge on any atom is -0.466 e. The monoisotopic (exact) mass is 1310 g/mol. The Labute approximate surface area is 583 Å². The predicted octanol–water partition coefficient (Wildman–Crippen LogP) is 28.6. The van der Waals surface area contributed by atoms with Crippen LogP contribution in [0.2, 0.25) is 0 Å². The van der Waals surface area contributed by atoms with Crippen LogP contribution in [0.25, 0.3) is 0 Å². The summed E-state index contributed by atoms with van der Waals surface area (Å²) in [5.74, 6) is -0.0118. The van der Waals surface area contributed by atoms with E-state index in [0.717, 1.165) is 51.4 Å². The number of carbonyl (C=O) groups excluding carboxylic acids is 2. The molecule has 0 aromatic heterocycles. The van der Waals surface area contributed by atoms with Crippen LogP contribution in [-0.4, -0.2) is 47.4 Å². The Morgan fingerprint density at radius 1 is 0.301 bits per heavy atom. The third kappa shape index (κ3) is 79.0. The average Bonchev–Trinajstić information content (AvgIpc) is 3.72. The van der Waals surface area contributed by atoms with Crippen molar-refractivity contribution >= 4 is 11.9 Å². The van der Waals surface area contributed by atoms with Crippen LogP contribution in [0.1, 0.15) is 483 Å². The zero-order valence-corrected chi connectivity index (χ0v) is 63.3. The molecule has 6 heteroatoms. The van der Waals surface area contributed by atoms with E-state index in [4.69, 9.17) is 4.74 Å². The van der Waals surface area contributed by atoms with E-state index in [1.165, 1.54) is 398 Å². The minimum absolute atomic E-state index is 0.0138. The minimum atomic E-state index is -0.663. The van der Waals surface area contributed by atoms with E-state index in [-0.39, 0.29) is 18.5 Å². The molecule has 6 nitrogen and oxygen atoms in total. The number of hydrogen-bond donors (Lipinski definition) is 3. The molecule has 550 valence electrons. The fraction of sp³-hybridized carbons (Fsp3) is 0.908. The summed E-state index contributed by atoms with van der Waals surface area (Å²) in [7, 11) is 0. The topological polar surface area (TPSA) is 95.9 Å². The second-order valence-electron chi connectivity index (χ2n) is 29.5. The standard InChI is InChI=1S/C87H167NO5/c1-3-5-7-9-11-13-15-17-19-21-23-24-38-41-44-47-51-55-59-63-67-71-75-79-85(90)84(83-89)88-86(91)80-76-72-68-64-60-56-52-48-45-42-39-36-34-32-30-28-26-25-27-29-31-33-35-37-40-43-46-50-54-58-62-66-70-74-78-82-93-87(92)81-77-73-69-65-61-57-53-49-22-20-18-16-14-12-10-8-6-4-2/h14,16,20,22,27,29,84-85,89-90H,3-13,15,17-19,21,23-26,28,30-83H2,1-2H3,(H,88,91)/b16-14-,22-20-,29-27-. The highest BCUT2D eigenvalue weighted by Crippen LogP contribution is 2.20. The molecule has 0 spiro atoms. The molecule has 0 aromatic carbocycles. The fourth-order valence-electron chi connectivity index (χ4n) is 13.7. The zero-order chi connectivity index (χ0) is 67.0. The summed E-state index contributed by atoms with van der Waals surface area (Å²) in [6.45, 7) is 4.99. The normalized spacial score (nSPS) is 12.6. The van der Waals surface area contributed by atoms with Crippen molar-refractivity contribution in [2.45, 2.75) is 495 Å². The highest BCUT2D eigenvalue weighted by Gasteiger charge is 2.20. The van der Waals surface area contributed by atoms with Gasteiger partial charge in [0.1, 0.15) is 0 Å². The molecule has 0 heterocycles. The van der Waals surface area contributed by atoms with Crippen molar-refractivity contribution in [2.75, 3.05) is 13.2 Å². The first kappa shape index (κ1) is 91.1. The summed E-state index contributed by atoms with van der Waals surface area (Å²) in [6, 6.07) is -0.540. The summed E-state index contributed by atoms with van der Waals surface area (Å²) < 4.78 is 5.51. The maximum Gasteiger partial charge on any atom is 0.305 e. The van der Waals surface area contributed by atoms with Crippen molar-refractivity contribution < 1.29 is 24.5 Å². The molecule has 0 aliphatic carbocycles. The molecular formula is C87H167NO5. The van der Waals surface area contributed by atoms with Gasteiger partial charge in [-0.1, -0.05) is 423 Å². The first-order chi connectivity index (χ1) is 46.0. The lowest BCUT2D eigenvalue weighted by Crippen LogP contribution is -2.45. The van der Waals surface area contributed by atoms with Crippen molar-refractivity contribution in [3.63, 3.8) is 0 Å². The molecule has 2 unspecified atom stereocenters. The van der Waals surface area contributed by atoms with Crippen molar-refractivity contribution in [3.05, 3.63) is 36.5 Å². The molecule has 0 fully saturated rings. The quantitative estimate of drug-likeness (QED) is 0.0320. The molecular weight excluding hydrogens is 1140 g/mol. The summed E-state index contributed by atoms with van der Waals surface area (Å²) >= 11 is 0. The lowest BCUT2D eigenvalue weighted by Gasteiger charge is -2.22. The maximum absolute atomic E-state index is 12.6. The van der Waals surface area contributed by atoms with Crippen LogP contribution in [0.4, 0.5) is 0 Å². The summed E-state index contributed by atoms with van der Waals surface area (Å²) in [6.07, 6.45) is 108. The number of unbranched alkanes of at least 4 members (excludes halogenated alkanes) is 64. The maximum atomic E-state index is 12.6. The van der Waals surface area contributed by atoms with E-state index in [9.17, 15) is 19.8 Å². The summed E-state index contributed by atoms with van der Waals surface area (Å²) in [4.78, 5) is 24.7. The van der Waals surface area contributed by atoms with Gasteiger partial charge in [-0.15, -0.1) is 0 Å². The number of aliphatic hydroxyl groups excluding tert-OH is 2. The van der Waals surface area contributed by atoms with E-state index in [0.29, 0.717) is 25.9 Å². The van der Waals surface area contributed by atoms with E-state index in [2.05, 4.69) is 55.6 Å². The van der Waals surface area contributed by atoms with E-state index < -0.39 is 12.1 Å². The molecule has 0 rings (SSSR count). The van der Waals surface area contributed by atoms with Crippen LogP contribution < -0.4 is 5.32 Å². The van der Waals surface area contributed by atoms with E-state index >= 15 is 0 Å². The molecule has 0 aliphatic heterocycles. The third-order valence-electron chi connectivity index (χ3n) is 20.2. The SMILES string of the molecule is CCCCCC/C=C\C/C=C\CCCCCCCCCC(=O)OCCCCCCCCCCCCCCCC/C=C\CCCCCCCCCCCCCCCCCCCC(=O)NC(CO)C(O)CCCCCCCCCCCCCCCCCCCCCCCCC. The highest BCUT2D eigenvalue weighted by atomic mass is 16.5. The molecule has 0 bridgehead atoms. The molecule has 1 amide bonds. The predicted molar refractivity (Wildman–Crippen MR) is 412 cm³/mol. The van der Waals surface area contributed by atoms with Crippen LogP contribution >= 0.6 is 0 Å². The Morgan fingerprint density at radius 3 is 0.839 bits per heavy atom. The van der Waals surface area contributed by atoms with Gasteiger partial charge in [-0.2, -0.15) is 0 Å². The van der Waals surface area contributed by atoms with Crippen LogP contribution in [0.5, 0.6) is 0 Å². The van der Waals surface area contributed by atoms with Gasteiger partial charge < -0.3 is 20.3 Å². The Kier molecular flexibility index (Phi) is 80.8. The molecule has 3 N–H and O–H groups in total. The molecule has 0 saturated heterocycles. The van der Waals surface area contributed by atoms with Crippen molar-refractivity contribution in [3.8, 4) is 0 Å². The molecule has 0 aliphatic rings. The molecule has 93 heavy (non-hydrogen) atoms. The molecule has 0 aromatic rings. The Bertz CT molecular complexity index is 1510. The van der Waals surface area contributed by atoms with Crippen LogP contribution in [0.15, 0.2) is 36.5 Å². The number of carbonyl (C=O) groups is 2. The molecule has 2 atom stereocenters. The van der Waals surface area contributed by atoms with Gasteiger partial charge in [0.2, 0.25) is 5.91 Å². The number of aliphatic hydroxyl groups is 2. The van der Waals surface area contributed by atoms with Gasteiger partial charge in [0.15, 0.2) is 0 Å². The highest BCUT2D eigenvalue weighted by molar-refractivity contribution is 5.76. The van der Waals surface area contributed by atoms with Crippen molar-refractivity contribution in [1.82, 2.24) is 5.32 Å². The first-order valence-electron chi connectivity index (χ1n) is 42.7. The van der Waals surface area contributed by atoms with Gasteiger partial charge in [-0.25, -0.2) is 0 Å². The smallest absolute Gasteiger partial charge is 0.305 e. The number of ether oxygens (including phenoxy) is 1. The summed E-state index contributed by atoms with van der Waals surface area (Å²) in [5.41, 5.74) is 0. The van der Waals surface area contributed by atoms with Gasteiger partial charge in [0.05, 0.1) is 25.4 Å². The average molecular weight is 1310 g/mol. The van der Waals surface area contributed by atoms with Crippen LogP contribution in [-0.2, 0) is 14.3 Å². The van der Waals surface area contributed by atoms with Crippen molar-refractivity contribution in [2.24, 2.45) is 0 Å². The first-order valence-corrected chi connectivity index (χ1v) is 42.7. The largest absolute Gasteiger partial charge is 0.466 e. The van der Waals surface area contributed by atoms with Crippen LogP contribution in [0.3, 0.4) is 0 Å². The Morgan fingerprint density at radius 2 is 0.538 bits per heavy atom. The number of nitrogens with one attached hydrogen (secondary N) is 1. The summed E-state index contributed by atoms with van der Waals surface area (Å²) in [5, 5.41) is 23.5. The lowest BCUT2D eigenvalue weighted by atomic mass is 10.0. The number of allylic oxidation sites excluding steroid dienone is 6. The number of esters is 1. The van der Waals surface area contributed by atoms with Gasteiger partial charge in [0, 0.05) is 12.8 Å². The zero-order valence-electron chi connectivity index (χ0n) is 63.3. The fourth-order valence-corrected chi connectivity index (χ4v) is 13.7. The second kappa shape index (κ2) is 82.5. The van der Waals surface area contributed by atoms with E-state index in [1.54, 1.807) is 0 Å². The third-order valence-corrected chi connectivity index (χ3v) is 20.2. The molecule has 0 saturated carbocycles. The Balaban J connectivity index is 3.34. The lowest BCUT2D eigenvalue weighted by molar-refractivity contribution is -0.143. The Hall–Kier alpha value is -1.92. The number of rotatable bonds is 81. The number of hydrogen-bond acceptors (Lipinski definition) is 5. The van der Waals surface area contributed by atoms with Gasteiger partial charge in [-0.05, 0) is 83.5 Å². The van der Waals surface area contributed by atoms with E-state index in [1.807, 2.05) is 0 Å². The van der Waals surface area contributed by atoms with Gasteiger partial charge >= 0.3 is 5.97 Å². The van der Waals surface area contributed by atoms with Gasteiger partial charge in [0.25, 0.3) is 0 Å². The second-order valence-corrected chi connectivity index (χ2v) is 29.5. The van der Waals surface area contributed by atoms with Crippen molar-refractivity contribution in [1.29, 1.82) is 0 Å². The molecule has 0 radical (unpaired) electrons.